The maximum Gasteiger partial charge on any atom is 0.306 e. The third-order valence-electron chi connectivity index (χ3n) is 17.6. The molecule has 1 atom stereocenters. The van der Waals surface area contributed by atoms with Gasteiger partial charge in [-0.3, -0.25) is 14.4 Å². The Bertz CT molecular complexity index is 1220. The number of rotatable bonds is 71. The van der Waals surface area contributed by atoms with Crippen LogP contribution in [0.25, 0.3) is 0 Å². The maximum atomic E-state index is 12.9. The fraction of sp³-hybridized carbons (Fsp3) is 0.960. The smallest absolute Gasteiger partial charge is 0.306 e. The third-order valence-corrected chi connectivity index (χ3v) is 17.6. The van der Waals surface area contributed by atoms with E-state index in [1.165, 1.54) is 347 Å². The molecule has 0 spiro atoms. The summed E-state index contributed by atoms with van der Waals surface area (Å²) in [5.74, 6) is -0.818. The summed E-state index contributed by atoms with van der Waals surface area (Å²) in [6.07, 6.45) is 84.4. The molecule has 6 nitrogen and oxygen atoms in total. The summed E-state index contributed by atoms with van der Waals surface area (Å²) in [6, 6.07) is 0. The zero-order chi connectivity index (χ0) is 58.5. The van der Waals surface area contributed by atoms with E-state index in [1.54, 1.807) is 0 Å². The van der Waals surface area contributed by atoms with E-state index in [0.29, 0.717) is 19.3 Å². The number of esters is 3. The van der Waals surface area contributed by atoms with E-state index >= 15 is 0 Å². The minimum atomic E-state index is -0.763. The molecule has 1 unspecified atom stereocenters. The van der Waals surface area contributed by atoms with Gasteiger partial charge in [-0.25, -0.2) is 0 Å². The molecule has 0 aromatic carbocycles. The SMILES string of the molecule is CCCCCCCCCCCCCCCCCCCCCCCCCCCCCCCCCC(=O)OCC(COC(=O)CCCCCCCCCCCCCCCCCC)OC(=O)CCCCCCCCCCCCCCCCCC. The summed E-state index contributed by atoms with van der Waals surface area (Å²) >= 11 is 0. The Morgan fingerprint density at radius 2 is 0.333 bits per heavy atom. The molecule has 0 aliphatic carbocycles. The molecule has 0 saturated heterocycles. The summed E-state index contributed by atoms with van der Waals surface area (Å²) in [4.78, 5) is 38.5. The fourth-order valence-electron chi connectivity index (χ4n) is 12.0. The topological polar surface area (TPSA) is 78.9 Å². The predicted molar refractivity (Wildman–Crippen MR) is 354 cm³/mol. The standard InChI is InChI=1S/C75H146O6/c1-4-7-10-13-16-19-22-25-28-31-32-33-34-35-36-37-38-39-40-41-42-43-44-45-48-50-53-56-59-62-65-68-74(77)80-71-72(81-75(78)69-66-63-60-57-54-51-47-30-27-24-21-18-15-12-9-6-3)70-79-73(76)67-64-61-58-55-52-49-46-29-26-23-20-17-14-11-8-5-2/h72H,4-71H2,1-3H3. The average Bonchev–Trinajstić information content (AvgIpc) is 3.47. The molecule has 0 N–H and O–H groups in total. The predicted octanol–water partition coefficient (Wildman–Crippen LogP) is 25.8. The van der Waals surface area contributed by atoms with Crippen molar-refractivity contribution in [2.75, 3.05) is 13.2 Å². The Morgan fingerprint density at radius 3 is 0.494 bits per heavy atom. The number of carbonyl (C=O) groups is 3. The molecule has 0 aromatic heterocycles. The number of ether oxygens (including phenoxy) is 3. The highest BCUT2D eigenvalue weighted by Crippen LogP contribution is 2.20. The Balaban J connectivity index is 4.11. The van der Waals surface area contributed by atoms with Gasteiger partial charge in [0.05, 0.1) is 0 Å². The van der Waals surface area contributed by atoms with Crippen molar-refractivity contribution in [3.8, 4) is 0 Å². The summed E-state index contributed by atoms with van der Waals surface area (Å²) in [5, 5.41) is 0. The first-order valence-corrected chi connectivity index (χ1v) is 37.5. The van der Waals surface area contributed by atoms with Crippen molar-refractivity contribution >= 4 is 17.9 Å². The molecular weight excluding hydrogens is 997 g/mol. The molecule has 0 radical (unpaired) electrons. The fourth-order valence-corrected chi connectivity index (χ4v) is 12.0. The van der Waals surface area contributed by atoms with Crippen LogP contribution < -0.4 is 0 Å². The lowest BCUT2D eigenvalue weighted by Gasteiger charge is -2.18. The first kappa shape index (κ1) is 79.4. The van der Waals surface area contributed by atoms with Crippen molar-refractivity contribution in [2.45, 2.75) is 451 Å². The van der Waals surface area contributed by atoms with Crippen molar-refractivity contribution in [3.63, 3.8) is 0 Å². The van der Waals surface area contributed by atoms with Crippen molar-refractivity contribution in [2.24, 2.45) is 0 Å². The molecule has 0 rings (SSSR count). The van der Waals surface area contributed by atoms with Crippen LogP contribution in [0.5, 0.6) is 0 Å². The van der Waals surface area contributed by atoms with E-state index in [-0.39, 0.29) is 31.1 Å². The van der Waals surface area contributed by atoms with E-state index < -0.39 is 6.10 Å². The van der Waals surface area contributed by atoms with Crippen LogP contribution in [0.1, 0.15) is 445 Å². The molecule has 482 valence electrons. The van der Waals surface area contributed by atoms with Crippen LogP contribution in [0.4, 0.5) is 0 Å². The van der Waals surface area contributed by atoms with Crippen molar-refractivity contribution in [3.05, 3.63) is 0 Å². The van der Waals surface area contributed by atoms with Crippen LogP contribution in [0.2, 0.25) is 0 Å². The molecular formula is C75H146O6. The zero-order valence-corrected chi connectivity index (χ0v) is 55.6. The van der Waals surface area contributed by atoms with E-state index in [2.05, 4.69) is 20.8 Å². The van der Waals surface area contributed by atoms with Crippen molar-refractivity contribution < 1.29 is 28.6 Å². The van der Waals surface area contributed by atoms with Gasteiger partial charge in [-0.15, -0.1) is 0 Å². The lowest BCUT2D eigenvalue weighted by Crippen LogP contribution is -2.30. The van der Waals surface area contributed by atoms with Crippen molar-refractivity contribution in [1.82, 2.24) is 0 Å². The Hall–Kier alpha value is -1.59. The number of hydrogen-bond acceptors (Lipinski definition) is 6. The van der Waals surface area contributed by atoms with E-state index in [1.807, 2.05) is 0 Å². The summed E-state index contributed by atoms with van der Waals surface area (Å²) in [7, 11) is 0. The molecule has 0 aliphatic heterocycles. The number of hydrogen-bond donors (Lipinski definition) is 0. The second-order valence-corrected chi connectivity index (χ2v) is 25.9. The summed E-state index contributed by atoms with van der Waals surface area (Å²) in [6.45, 7) is 6.75. The minimum absolute atomic E-state index is 0.0600. The Labute approximate surface area is 508 Å². The second-order valence-electron chi connectivity index (χ2n) is 25.9. The monoisotopic (exact) mass is 1140 g/mol. The molecule has 0 heterocycles. The van der Waals surface area contributed by atoms with Crippen LogP contribution in [0.15, 0.2) is 0 Å². The Kier molecular flexibility index (Phi) is 69.5. The van der Waals surface area contributed by atoms with Gasteiger partial charge in [0.25, 0.3) is 0 Å². The highest BCUT2D eigenvalue weighted by molar-refractivity contribution is 5.71. The maximum absolute atomic E-state index is 12.9. The molecule has 0 amide bonds. The average molecular weight is 1140 g/mol. The van der Waals surface area contributed by atoms with Gasteiger partial charge in [-0.2, -0.15) is 0 Å². The molecule has 0 aliphatic rings. The van der Waals surface area contributed by atoms with Crippen LogP contribution in [0, 0.1) is 0 Å². The second kappa shape index (κ2) is 70.9. The van der Waals surface area contributed by atoms with Crippen molar-refractivity contribution in [1.29, 1.82) is 0 Å². The first-order chi connectivity index (χ1) is 40.0. The van der Waals surface area contributed by atoms with Gasteiger partial charge in [0, 0.05) is 19.3 Å². The van der Waals surface area contributed by atoms with Gasteiger partial charge in [-0.1, -0.05) is 406 Å². The van der Waals surface area contributed by atoms with Gasteiger partial charge < -0.3 is 14.2 Å². The molecule has 0 fully saturated rings. The van der Waals surface area contributed by atoms with Gasteiger partial charge in [-0.05, 0) is 19.3 Å². The van der Waals surface area contributed by atoms with E-state index in [4.69, 9.17) is 14.2 Å². The summed E-state index contributed by atoms with van der Waals surface area (Å²) in [5.41, 5.74) is 0. The lowest BCUT2D eigenvalue weighted by atomic mass is 10.0. The third kappa shape index (κ3) is 69.1. The van der Waals surface area contributed by atoms with Gasteiger partial charge in [0.15, 0.2) is 6.10 Å². The normalized spacial score (nSPS) is 11.9. The van der Waals surface area contributed by atoms with E-state index in [9.17, 15) is 14.4 Å². The van der Waals surface area contributed by atoms with Gasteiger partial charge in [0.1, 0.15) is 13.2 Å². The van der Waals surface area contributed by atoms with Crippen LogP contribution in [0.3, 0.4) is 0 Å². The first-order valence-electron chi connectivity index (χ1n) is 37.5. The summed E-state index contributed by atoms with van der Waals surface area (Å²) < 4.78 is 17.0. The molecule has 0 bridgehead atoms. The van der Waals surface area contributed by atoms with E-state index in [0.717, 1.165) is 57.8 Å². The molecule has 6 heteroatoms. The quantitative estimate of drug-likeness (QED) is 0.0343. The Morgan fingerprint density at radius 1 is 0.198 bits per heavy atom. The highest BCUT2D eigenvalue weighted by atomic mass is 16.6. The van der Waals surface area contributed by atoms with Gasteiger partial charge >= 0.3 is 17.9 Å². The van der Waals surface area contributed by atoms with Crippen LogP contribution in [-0.2, 0) is 28.6 Å². The molecule has 0 aromatic rings. The van der Waals surface area contributed by atoms with Crippen LogP contribution >= 0.6 is 0 Å². The number of unbranched alkanes of at least 4 members (excludes halogenated alkanes) is 60. The highest BCUT2D eigenvalue weighted by Gasteiger charge is 2.20. The van der Waals surface area contributed by atoms with Crippen LogP contribution in [-0.4, -0.2) is 37.2 Å². The lowest BCUT2D eigenvalue weighted by molar-refractivity contribution is -0.167. The molecule has 81 heavy (non-hydrogen) atoms. The molecule has 0 saturated carbocycles. The minimum Gasteiger partial charge on any atom is -0.462 e. The zero-order valence-electron chi connectivity index (χ0n) is 55.6. The number of carbonyl (C=O) groups excluding carboxylic acids is 3. The largest absolute Gasteiger partial charge is 0.462 e. The van der Waals surface area contributed by atoms with Gasteiger partial charge in [0.2, 0.25) is 0 Å².